The molecule has 184 valence electrons. The number of imidazole rings is 1. The fourth-order valence-corrected chi connectivity index (χ4v) is 6.29. The number of para-hydroxylation sites is 1. The third-order valence-corrected chi connectivity index (χ3v) is 8.09. The Bertz CT molecular complexity index is 1210. The van der Waals surface area contributed by atoms with Crippen molar-refractivity contribution < 1.29 is 13.9 Å². The molecule has 35 heavy (non-hydrogen) atoms. The summed E-state index contributed by atoms with van der Waals surface area (Å²) in [4.78, 5) is 27.7. The van der Waals surface area contributed by atoms with Crippen LogP contribution in [-0.2, 0) is 29.0 Å². The predicted molar refractivity (Wildman–Crippen MR) is 131 cm³/mol. The standard InChI is InChI=1S/C27H32FN5O2/c28-12-19-2-1-3-23-27(19)32-25(30-23)11-26(34)31-24-15-33(21-7-9-35-16-21)14-20(24)10-18-5-4-17-6-8-29-13-22(17)18/h1-3,6,8,13,18,20-21,24H,4-5,7,9-12,14-16H2,(H,30,32)(H,31,34)/t18?,20-,21?,24?/m0/s1. The zero-order chi connectivity index (χ0) is 23.8. The van der Waals surface area contributed by atoms with Crippen LogP contribution in [0.1, 0.15) is 47.7 Å². The van der Waals surface area contributed by atoms with Gasteiger partial charge >= 0.3 is 0 Å². The first-order chi connectivity index (χ1) is 17.2. The van der Waals surface area contributed by atoms with Gasteiger partial charge in [0.2, 0.25) is 5.91 Å². The average molecular weight is 478 g/mol. The second kappa shape index (κ2) is 9.66. The Kier molecular flexibility index (Phi) is 6.24. The number of hydrogen-bond donors (Lipinski definition) is 2. The minimum atomic E-state index is -0.571. The van der Waals surface area contributed by atoms with Gasteiger partial charge in [-0.15, -0.1) is 0 Å². The van der Waals surface area contributed by atoms with Gasteiger partial charge in [-0.25, -0.2) is 9.37 Å². The van der Waals surface area contributed by atoms with Crippen molar-refractivity contribution in [2.45, 2.75) is 56.8 Å². The molecule has 3 aromatic rings. The Hall–Kier alpha value is -2.84. The van der Waals surface area contributed by atoms with Crippen molar-refractivity contribution in [3.63, 3.8) is 0 Å². The monoisotopic (exact) mass is 477 g/mol. The highest BCUT2D eigenvalue weighted by molar-refractivity contribution is 5.82. The van der Waals surface area contributed by atoms with E-state index in [1.165, 1.54) is 11.1 Å². The van der Waals surface area contributed by atoms with Crippen LogP contribution in [0.2, 0.25) is 0 Å². The molecule has 3 aliphatic rings. The number of likely N-dealkylation sites (tertiary alicyclic amines) is 1. The molecule has 0 bridgehead atoms. The van der Waals surface area contributed by atoms with Gasteiger partial charge in [0.25, 0.3) is 0 Å². The number of nitrogens with zero attached hydrogens (tertiary/aromatic N) is 3. The van der Waals surface area contributed by atoms with Crippen molar-refractivity contribution in [3.05, 3.63) is 59.2 Å². The van der Waals surface area contributed by atoms with E-state index < -0.39 is 6.67 Å². The summed E-state index contributed by atoms with van der Waals surface area (Å²) in [6.45, 7) is 2.85. The highest BCUT2D eigenvalue weighted by Crippen LogP contribution is 2.39. The molecular weight excluding hydrogens is 445 g/mol. The third kappa shape index (κ3) is 4.57. The molecule has 7 nitrogen and oxygen atoms in total. The second-order valence-electron chi connectivity index (χ2n) is 10.3. The summed E-state index contributed by atoms with van der Waals surface area (Å²) in [7, 11) is 0. The van der Waals surface area contributed by atoms with Gasteiger partial charge < -0.3 is 15.0 Å². The Labute approximate surface area is 204 Å². The number of amides is 1. The fraction of sp³-hybridized carbons (Fsp3) is 0.519. The number of nitrogens with one attached hydrogen (secondary N) is 2. The number of carbonyl (C=O) groups excluding carboxylic acids is 1. The van der Waals surface area contributed by atoms with Gasteiger partial charge in [-0.05, 0) is 60.8 Å². The quantitative estimate of drug-likeness (QED) is 0.546. The van der Waals surface area contributed by atoms with E-state index in [9.17, 15) is 9.18 Å². The van der Waals surface area contributed by atoms with Crippen LogP contribution in [0.3, 0.4) is 0 Å². The van der Waals surface area contributed by atoms with Gasteiger partial charge in [-0.1, -0.05) is 12.1 Å². The molecule has 0 saturated carbocycles. The third-order valence-electron chi connectivity index (χ3n) is 8.09. The number of benzene rings is 1. The van der Waals surface area contributed by atoms with E-state index in [2.05, 4.69) is 31.2 Å². The van der Waals surface area contributed by atoms with Crippen LogP contribution in [0.15, 0.2) is 36.7 Å². The molecule has 2 aliphatic heterocycles. The lowest BCUT2D eigenvalue weighted by atomic mass is 9.88. The number of halogens is 1. The van der Waals surface area contributed by atoms with Crippen LogP contribution in [-0.4, -0.2) is 64.1 Å². The second-order valence-corrected chi connectivity index (χ2v) is 10.3. The summed E-state index contributed by atoms with van der Waals surface area (Å²) in [5, 5.41) is 3.33. The van der Waals surface area contributed by atoms with Gasteiger partial charge in [-0.2, -0.15) is 0 Å². The molecule has 2 saturated heterocycles. The number of rotatable bonds is 7. The van der Waals surface area contributed by atoms with E-state index in [-0.39, 0.29) is 18.4 Å². The predicted octanol–water partition coefficient (Wildman–Crippen LogP) is 3.30. The van der Waals surface area contributed by atoms with Crippen LogP contribution in [0.5, 0.6) is 0 Å². The molecule has 1 aromatic carbocycles. The lowest BCUT2D eigenvalue weighted by Crippen LogP contribution is -2.42. The van der Waals surface area contributed by atoms with Crippen molar-refractivity contribution in [2.75, 3.05) is 26.3 Å². The lowest BCUT2D eigenvalue weighted by molar-refractivity contribution is -0.121. The van der Waals surface area contributed by atoms with Gasteiger partial charge in [0.15, 0.2) is 0 Å². The Balaban J connectivity index is 1.16. The van der Waals surface area contributed by atoms with E-state index in [0.717, 1.165) is 57.5 Å². The Morgan fingerprint density at radius 1 is 1.26 bits per heavy atom. The summed E-state index contributed by atoms with van der Waals surface area (Å²) < 4.78 is 19.0. The van der Waals surface area contributed by atoms with Crippen molar-refractivity contribution in [1.82, 2.24) is 25.2 Å². The molecule has 1 amide bonds. The molecule has 0 spiro atoms. The normalized spacial score (nSPS) is 26.4. The largest absolute Gasteiger partial charge is 0.380 e. The summed E-state index contributed by atoms with van der Waals surface area (Å²) in [5.74, 6) is 1.41. The van der Waals surface area contributed by atoms with Gasteiger partial charge in [0, 0.05) is 49.7 Å². The number of ether oxygens (including phenoxy) is 1. The highest BCUT2D eigenvalue weighted by atomic mass is 19.1. The molecule has 4 atom stereocenters. The number of H-pyrrole nitrogens is 1. The minimum Gasteiger partial charge on any atom is -0.380 e. The summed E-state index contributed by atoms with van der Waals surface area (Å²) in [6, 6.07) is 8.08. The van der Waals surface area contributed by atoms with Gasteiger partial charge in [0.05, 0.1) is 24.1 Å². The molecule has 2 N–H and O–H groups in total. The molecule has 8 heteroatoms. The molecule has 1 aliphatic carbocycles. The fourth-order valence-electron chi connectivity index (χ4n) is 6.29. The van der Waals surface area contributed by atoms with E-state index in [1.54, 1.807) is 12.1 Å². The van der Waals surface area contributed by atoms with Crippen molar-refractivity contribution in [2.24, 2.45) is 5.92 Å². The van der Waals surface area contributed by atoms with Crippen LogP contribution in [0.4, 0.5) is 4.39 Å². The van der Waals surface area contributed by atoms with E-state index in [0.29, 0.717) is 34.8 Å². The minimum absolute atomic E-state index is 0.0427. The maximum absolute atomic E-state index is 13.3. The first-order valence-electron chi connectivity index (χ1n) is 12.7. The number of aromatic amines is 1. The average Bonchev–Trinajstić information content (AvgIpc) is 3.66. The van der Waals surface area contributed by atoms with Crippen molar-refractivity contribution in [3.8, 4) is 0 Å². The number of hydrogen-bond acceptors (Lipinski definition) is 5. The summed E-state index contributed by atoms with van der Waals surface area (Å²) in [5.41, 5.74) is 4.72. The number of aromatic nitrogens is 3. The van der Waals surface area contributed by atoms with Crippen molar-refractivity contribution >= 4 is 16.9 Å². The SMILES string of the molecule is O=C(Cc1nc2c(CF)cccc2[nH]1)NC1CN(C2CCOC2)C[C@@H]1CC1CCc2ccncc21. The molecule has 2 aromatic heterocycles. The first-order valence-corrected chi connectivity index (χ1v) is 12.7. The van der Waals surface area contributed by atoms with Crippen LogP contribution < -0.4 is 5.32 Å². The Morgan fingerprint density at radius 3 is 3.06 bits per heavy atom. The zero-order valence-electron chi connectivity index (χ0n) is 19.9. The Morgan fingerprint density at radius 2 is 2.20 bits per heavy atom. The van der Waals surface area contributed by atoms with Crippen LogP contribution in [0.25, 0.3) is 11.0 Å². The first kappa shape index (κ1) is 22.6. The smallest absolute Gasteiger partial charge is 0.227 e. The molecule has 4 heterocycles. The van der Waals surface area contributed by atoms with Crippen molar-refractivity contribution in [1.29, 1.82) is 0 Å². The maximum Gasteiger partial charge on any atom is 0.227 e. The van der Waals surface area contributed by atoms with Crippen LogP contribution >= 0.6 is 0 Å². The summed E-state index contributed by atoms with van der Waals surface area (Å²) >= 11 is 0. The molecular formula is C27H32FN5O2. The number of fused-ring (bicyclic) bond motifs is 2. The van der Waals surface area contributed by atoms with Gasteiger partial charge in [-0.3, -0.25) is 14.7 Å². The van der Waals surface area contributed by atoms with E-state index >= 15 is 0 Å². The van der Waals surface area contributed by atoms with Gasteiger partial charge in [0.1, 0.15) is 12.5 Å². The van der Waals surface area contributed by atoms with Crippen LogP contribution in [0, 0.1) is 5.92 Å². The highest BCUT2D eigenvalue weighted by Gasteiger charge is 2.40. The number of pyridine rings is 1. The van der Waals surface area contributed by atoms with E-state index in [4.69, 9.17) is 4.74 Å². The number of aryl methyl sites for hydroxylation is 1. The molecule has 2 fully saturated rings. The molecule has 0 radical (unpaired) electrons. The number of alkyl halides is 1. The molecule has 6 rings (SSSR count). The summed E-state index contributed by atoms with van der Waals surface area (Å²) in [6.07, 6.45) is 8.45. The number of carbonyl (C=O) groups is 1. The lowest BCUT2D eigenvalue weighted by Gasteiger charge is -2.23. The molecule has 3 unspecified atom stereocenters. The topological polar surface area (TPSA) is 83.1 Å². The maximum atomic E-state index is 13.3. The zero-order valence-corrected chi connectivity index (χ0v) is 19.9. The van der Waals surface area contributed by atoms with E-state index in [1.807, 2.05) is 18.5 Å².